The van der Waals surface area contributed by atoms with Crippen LogP contribution < -0.4 is 0 Å². The second-order valence-corrected chi connectivity index (χ2v) is 2.46. The average molecular weight is 154 g/mol. The normalized spacial score (nSPS) is 11.4. The highest BCUT2D eigenvalue weighted by Crippen LogP contribution is 2.00. The van der Waals surface area contributed by atoms with Gasteiger partial charge in [-0.1, -0.05) is 36.5 Å². The summed E-state index contributed by atoms with van der Waals surface area (Å²) < 4.78 is 0. The van der Waals surface area contributed by atoms with E-state index in [2.05, 4.69) is 19.2 Å². The van der Waals surface area contributed by atoms with E-state index in [1.165, 1.54) is 0 Å². The van der Waals surface area contributed by atoms with E-state index in [-0.39, 0.29) is 0 Å². The van der Waals surface area contributed by atoms with Crippen molar-refractivity contribution in [2.24, 2.45) is 0 Å². The predicted octanol–water partition coefficient (Wildman–Crippen LogP) is 2.99. The number of thiol groups is 1. The molecule has 0 aromatic rings. The fourth-order valence-corrected chi connectivity index (χ4v) is 0.817. The van der Waals surface area contributed by atoms with Crippen LogP contribution in [0, 0.1) is 0 Å². The van der Waals surface area contributed by atoms with Crippen molar-refractivity contribution in [3.63, 3.8) is 0 Å². The highest BCUT2D eigenvalue weighted by atomic mass is 32.1. The molecule has 0 rings (SSSR count). The summed E-state index contributed by atoms with van der Waals surface area (Å²) in [6.45, 7) is 5.84. The lowest BCUT2D eigenvalue weighted by atomic mass is 10.2. The highest BCUT2D eigenvalue weighted by Gasteiger charge is 1.82. The minimum atomic E-state index is 0.874. The SMILES string of the molecule is C=C(/C=C\C=C/C)CCS. The number of rotatable bonds is 4. The topological polar surface area (TPSA) is 0 Å². The van der Waals surface area contributed by atoms with Gasteiger partial charge >= 0.3 is 0 Å². The van der Waals surface area contributed by atoms with Crippen molar-refractivity contribution in [3.05, 3.63) is 36.5 Å². The second kappa shape index (κ2) is 6.69. The van der Waals surface area contributed by atoms with Gasteiger partial charge in [-0.25, -0.2) is 0 Å². The van der Waals surface area contributed by atoms with Crippen molar-refractivity contribution in [1.82, 2.24) is 0 Å². The largest absolute Gasteiger partial charge is 0.179 e. The molecule has 0 nitrogen and oxygen atoms in total. The van der Waals surface area contributed by atoms with Crippen LogP contribution in [0.1, 0.15) is 13.3 Å². The zero-order valence-corrected chi connectivity index (χ0v) is 7.27. The van der Waals surface area contributed by atoms with Gasteiger partial charge in [0.1, 0.15) is 0 Å². The number of allylic oxidation sites excluding steroid dienone is 5. The first-order valence-corrected chi connectivity index (χ1v) is 4.02. The molecule has 0 unspecified atom stereocenters. The lowest BCUT2D eigenvalue weighted by Gasteiger charge is -1.91. The molecule has 0 bridgehead atoms. The smallest absolute Gasteiger partial charge is 0.00576 e. The van der Waals surface area contributed by atoms with Gasteiger partial charge in [0.2, 0.25) is 0 Å². The molecule has 0 aromatic heterocycles. The minimum absolute atomic E-state index is 0.874. The summed E-state index contributed by atoms with van der Waals surface area (Å²) >= 11 is 4.09. The van der Waals surface area contributed by atoms with Crippen LogP contribution in [-0.2, 0) is 0 Å². The Morgan fingerprint density at radius 2 is 2.20 bits per heavy atom. The fraction of sp³-hybridized carbons (Fsp3) is 0.333. The van der Waals surface area contributed by atoms with Crippen molar-refractivity contribution >= 4 is 12.6 Å². The van der Waals surface area contributed by atoms with E-state index in [1.54, 1.807) is 0 Å². The molecular formula is C9H14S. The molecule has 10 heavy (non-hydrogen) atoms. The zero-order chi connectivity index (χ0) is 7.82. The van der Waals surface area contributed by atoms with Gasteiger partial charge in [0.15, 0.2) is 0 Å². The highest BCUT2D eigenvalue weighted by molar-refractivity contribution is 7.80. The van der Waals surface area contributed by atoms with Crippen LogP contribution in [0.5, 0.6) is 0 Å². The molecule has 0 aliphatic carbocycles. The van der Waals surface area contributed by atoms with Crippen LogP contribution in [-0.4, -0.2) is 5.75 Å². The van der Waals surface area contributed by atoms with Gasteiger partial charge in [0.25, 0.3) is 0 Å². The van der Waals surface area contributed by atoms with Gasteiger partial charge in [0.05, 0.1) is 0 Å². The maximum absolute atomic E-state index is 4.09. The van der Waals surface area contributed by atoms with Gasteiger partial charge in [-0.15, -0.1) is 0 Å². The molecule has 0 saturated carbocycles. The molecule has 0 spiro atoms. The van der Waals surface area contributed by atoms with E-state index in [1.807, 2.05) is 31.2 Å². The molecule has 0 amide bonds. The first kappa shape index (κ1) is 9.57. The first-order valence-electron chi connectivity index (χ1n) is 3.39. The Labute approximate surface area is 68.7 Å². The van der Waals surface area contributed by atoms with E-state index >= 15 is 0 Å². The molecule has 0 radical (unpaired) electrons. The predicted molar refractivity (Wildman–Crippen MR) is 51.6 cm³/mol. The quantitative estimate of drug-likeness (QED) is 0.467. The monoisotopic (exact) mass is 154 g/mol. The molecule has 0 saturated heterocycles. The standard InChI is InChI=1S/C9H14S/c1-3-4-5-6-9(2)7-8-10/h3-6,10H,2,7-8H2,1H3/b4-3-,6-5-. The summed E-state index contributed by atoms with van der Waals surface area (Å²) in [6.07, 6.45) is 8.95. The Balaban J connectivity index is 3.56. The van der Waals surface area contributed by atoms with Crippen LogP contribution in [0.25, 0.3) is 0 Å². The van der Waals surface area contributed by atoms with E-state index in [0.717, 1.165) is 17.7 Å². The molecular weight excluding hydrogens is 140 g/mol. The van der Waals surface area contributed by atoms with Crippen LogP contribution in [0.4, 0.5) is 0 Å². The maximum atomic E-state index is 4.09. The second-order valence-electron chi connectivity index (χ2n) is 2.02. The molecule has 1 heteroatoms. The first-order chi connectivity index (χ1) is 4.81. The van der Waals surface area contributed by atoms with Gasteiger partial charge < -0.3 is 0 Å². The van der Waals surface area contributed by atoms with E-state index < -0.39 is 0 Å². The van der Waals surface area contributed by atoms with Crippen molar-refractivity contribution in [2.45, 2.75) is 13.3 Å². The Hall–Kier alpha value is -0.430. The van der Waals surface area contributed by atoms with Crippen molar-refractivity contribution in [1.29, 1.82) is 0 Å². The minimum Gasteiger partial charge on any atom is -0.179 e. The third-order valence-corrected chi connectivity index (χ3v) is 1.29. The lowest BCUT2D eigenvalue weighted by molar-refractivity contribution is 1.18. The van der Waals surface area contributed by atoms with Crippen LogP contribution in [0.2, 0.25) is 0 Å². The lowest BCUT2D eigenvalue weighted by Crippen LogP contribution is -1.75. The molecule has 0 atom stereocenters. The summed E-state index contributed by atoms with van der Waals surface area (Å²) in [7, 11) is 0. The number of hydrogen-bond donors (Lipinski definition) is 1. The van der Waals surface area contributed by atoms with E-state index in [9.17, 15) is 0 Å². The van der Waals surface area contributed by atoms with Crippen LogP contribution in [0.15, 0.2) is 36.5 Å². The van der Waals surface area contributed by atoms with Crippen LogP contribution in [0.3, 0.4) is 0 Å². The summed E-state index contributed by atoms with van der Waals surface area (Å²) in [4.78, 5) is 0. The Kier molecular flexibility index (Phi) is 6.40. The third kappa shape index (κ3) is 5.70. The average Bonchev–Trinajstić information content (AvgIpc) is 1.89. The van der Waals surface area contributed by atoms with E-state index in [4.69, 9.17) is 0 Å². The summed E-state index contributed by atoms with van der Waals surface area (Å²) in [5.74, 6) is 0.874. The molecule has 0 heterocycles. The Bertz CT molecular complexity index is 143. The van der Waals surface area contributed by atoms with Gasteiger partial charge in [0, 0.05) is 0 Å². The summed E-state index contributed by atoms with van der Waals surface area (Å²) in [5.41, 5.74) is 1.13. The van der Waals surface area contributed by atoms with Crippen molar-refractivity contribution < 1.29 is 0 Å². The summed E-state index contributed by atoms with van der Waals surface area (Å²) in [5, 5.41) is 0. The van der Waals surface area contributed by atoms with Crippen molar-refractivity contribution in [2.75, 3.05) is 5.75 Å². The van der Waals surface area contributed by atoms with Gasteiger partial charge in [-0.3, -0.25) is 0 Å². The fourth-order valence-electron chi connectivity index (χ4n) is 0.530. The Morgan fingerprint density at radius 1 is 1.50 bits per heavy atom. The molecule has 0 aliphatic rings. The van der Waals surface area contributed by atoms with Crippen molar-refractivity contribution in [3.8, 4) is 0 Å². The molecule has 0 aromatic carbocycles. The zero-order valence-electron chi connectivity index (χ0n) is 6.38. The van der Waals surface area contributed by atoms with Gasteiger partial charge in [-0.2, -0.15) is 12.6 Å². The third-order valence-electron chi connectivity index (χ3n) is 1.07. The molecule has 0 aliphatic heterocycles. The van der Waals surface area contributed by atoms with E-state index in [0.29, 0.717) is 0 Å². The van der Waals surface area contributed by atoms with Gasteiger partial charge in [-0.05, 0) is 19.1 Å². The molecule has 56 valence electrons. The number of hydrogen-bond acceptors (Lipinski definition) is 1. The Morgan fingerprint density at radius 3 is 2.70 bits per heavy atom. The molecule has 0 fully saturated rings. The maximum Gasteiger partial charge on any atom is -0.00576 e. The molecule has 0 N–H and O–H groups in total. The van der Waals surface area contributed by atoms with Crippen LogP contribution >= 0.6 is 12.6 Å². The summed E-state index contributed by atoms with van der Waals surface area (Å²) in [6, 6.07) is 0.